The summed E-state index contributed by atoms with van der Waals surface area (Å²) in [6.45, 7) is 1.90. The third kappa shape index (κ3) is 4.76. The van der Waals surface area contributed by atoms with Crippen LogP contribution in [0.1, 0.15) is 36.9 Å². The van der Waals surface area contributed by atoms with E-state index in [1.165, 1.54) is 25.2 Å². The maximum absolute atomic E-state index is 14.2. The first kappa shape index (κ1) is 33.8. The van der Waals surface area contributed by atoms with Crippen LogP contribution in [0, 0.1) is 17.8 Å². The first-order valence-corrected chi connectivity index (χ1v) is 16.6. The third-order valence-corrected chi connectivity index (χ3v) is 11.5. The van der Waals surface area contributed by atoms with Crippen molar-refractivity contribution in [3.05, 3.63) is 58.3 Å². The van der Waals surface area contributed by atoms with Gasteiger partial charge in [-0.05, 0) is 55.5 Å². The van der Waals surface area contributed by atoms with Crippen LogP contribution in [-0.4, -0.2) is 72.5 Å². The molecule has 6 atom stereocenters. The van der Waals surface area contributed by atoms with Gasteiger partial charge in [-0.25, -0.2) is 4.98 Å². The number of phenols is 1. The van der Waals surface area contributed by atoms with E-state index in [0.29, 0.717) is 22.2 Å². The second-order valence-electron chi connectivity index (χ2n) is 11.7. The van der Waals surface area contributed by atoms with E-state index < -0.39 is 74.7 Å². The second kappa shape index (κ2) is 11.5. The number of ether oxygens (including phenoxy) is 1. The monoisotopic (exact) mass is 778 g/mol. The maximum Gasteiger partial charge on any atom is 0.433 e. The number of nitrogens with zero attached hydrogens (tertiary/aromatic N) is 4. The zero-order valence-corrected chi connectivity index (χ0v) is 28.4. The second-order valence-corrected chi connectivity index (χ2v) is 13.8. The Hall–Kier alpha value is -3.07. The number of allylic oxidation sites excluding steroid dienone is 2. The Bertz CT molecular complexity index is 1760. The molecule has 47 heavy (non-hydrogen) atoms. The molecule has 0 bridgehead atoms. The van der Waals surface area contributed by atoms with Crippen molar-refractivity contribution in [2.24, 2.45) is 17.8 Å². The molecular weight excluding hydrogens is 756 g/mol. The third-order valence-electron chi connectivity index (χ3n) is 9.33. The lowest BCUT2D eigenvalue weighted by atomic mass is 9.56. The van der Waals surface area contributed by atoms with E-state index in [1.807, 2.05) is 0 Å². The molecule has 0 radical (unpaired) electrons. The zero-order chi connectivity index (χ0) is 34.4. The number of benzene rings is 1. The van der Waals surface area contributed by atoms with Crippen molar-refractivity contribution in [2.45, 2.75) is 41.6 Å². The minimum Gasteiger partial charge on any atom is -0.504 e. The van der Waals surface area contributed by atoms with Crippen LogP contribution in [0.3, 0.4) is 0 Å². The summed E-state index contributed by atoms with van der Waals surface area (Å²) in [6, 6.07) is 5.99. The fourth-order valence-corrected chi connectivity index (χ4v) is 8.95. The van der Waals surface area contributed by atoms with Gasteiger partial charge in [0.15, 0.2) is 27.1 Å². The van der Waals surface area contributed by atoms with Crippen molar-refractivity contribution in [3.8, 4) is 11.5 Å². The number of anilines is 1. The van der Waals surface area contributed by atoms with E-state index in [1.54, 1.807) is 13.0 Å². The van der Waals surface area contributed by atoms with Gasteiger partial charge in [0.05, 0.1) is 28.9 Å². The summed E-state index contributed by atoms with van der Waals surface area (Å²) in [5, 5.41) is 11.8. The lowest BCUT2D eigenvalue weighted by molar-refractivity contribution is -0.142. The molecule has 4 aliphatic rings. The SMILES string of the molecule is CCOc1cc([C@H]2C3=CC[C@@H]4C(=O)N(N(C)c5nc(C(F)(F)F)ccc5Cl)C(=O)[C@@H]4[C@@H]3C[C@@]3(Cl)C(=O)N(CBr)C(=O)[C@@]23Cl)ccc1O. The molecule has 2 aliphatic heterocycles. The molecule has 17 heteroatoms. The van der Waals surface area contributed by atoms with Crippen molar-refractivity contribution >= 4 is 80.2 Å². The standard InChI is InChI=1S/C30H25BrCl3F3N4O6/c1-3-47-19-10-13(4-8-18(19)42)22-14-5-6-15-21(16(14)11-28(33)26(45)40(12-31)27(46)29(22,28)34)25(44)41(24(15)43)39(2)23-17(32)7-9-20(38-23)30(35,36)37/h4-5,7-10,15-16,21-22,42H,3,6,11-12H2,1-2H3/t15-,16+,21-,22-,28+,29-/m0/s1. The van der Waals surface area contributed by atoms with E-state index in [2.05, 4.69) is 20.9 Å². The number of halogens is 7. The molecule has 3 heterocycles. The van der Waals surface area contributed by atoms with Crippen molar-refractivity contribution in [2.75, 3.05) is 24.1 Å². The lowest BCUT2D eigenvalue weighted by Gasteiger charge is -2.50. The van der Waals surface area contributed by atoms with E-state index in [0.717, 1.165) is 16.0 Å². The first-order chi connectivity index (χ1) is 22.0. The highest BCUT2D eigenvalue weighted by atomic mass is 79.9. The zero-order valence-electron chi connectivity index (χ0n) is 24.5. The fourth-order valence-electron chi connectivity index (χ4n) is 7.30. The number of alkyl halides is 6. The molecule has 1 aromatic carbocycles. The van der Waals surface area contributed by atoms with Crippen LogP contribution in [0.25, 0.3) is 0 Å². The molecule has 3 fully saturated rings. The molecule has 2 aliphatic carbocycles. The molecular formula is C30H25BrCl3F3N4O6. The quantitative estimate of drug-likeness (QED) is 0.174. The van der Waals surface area contributed by atoms with Gasteiger partial charge < -0.3 is 9.84 Å². The Morgan fingerprint density at radius 2 is 1.81 bits per heavy atom. The molecule has 1 N–H and O–H groups in total. The van der Waals surface area contributed by atoms with Gasteiger partial charge in [-0.15, -0.1) is 23.2 Å². The highest BCUT2D eigenvalue weighted by molar-refractivity contribution is 9.09. The Kier molecular flexibility index (Phi) is 8.29. The summed E-state index contributed by atoms with van der Waals surface area (Å²) >= 11 is 23.8. The van der Waals surface area contributed by atoms with E-state index in [9.17, 15) is 37.5 Å². The van der Waals surface area contributed by atoms with Crippen LogP contribution in [0.4, 0.5) is 19.0 Å². The van der Waals surface area contributed by atoms with Gasteiger partial charge in [0.25, 0.3) is 23.6 Å². The summed E-state index contributed by atoms with van der Waals surface area (Å²) in [6.07, 6.45) is -3.42. The Morgan fingerprint density at radius 3 is 2.45 bits per heavy atom. The van der Waals surface area contributed by atoms with Crippen LogP contribution in [0.2, 0.25) is 5.02 Å². The number of pyridine rings is 1. The number of carbonyl (C=O) groups excluding carboxylic acids is 4. The van der Waals surface area contributed by atoms with Crippen LogP contribution >= 0.6 is 50.7 Å². The molecule has 250 valence electrons. The number of hydrogen-bond acceptors (Lipinski definition) is 8. The number of likely N-dealkylation sites (tertiary alicyclic amines) is 1. The van der Waals surface area contributed by atoms with Gasteiger partial charge in [0.1, 0.15) is 5.69 Å². The summed E-state index contributed by atoms with van der Waals surface area (Å²) in [7, 11) is 1.20. The Labute approximate surface area is 289 Å². The fraction of sp³-hybridized carbons (Fsp3) is 0.433. The Morgan fingerprint density at radius 1 is 1.11 bits per heavy atom. The van der Waals surface area contributed by atoms with Gasteiger partial charge in [-0.2, -0.15) is 18.2 Å². The summed E-state index contributed by atoms with van der Waals surface area (Å²) in [5.41, 5.74) is -0.646. The minimum atomic E-state index is -4.82. The molecule has 1 saturated carbocycles. The largest absolute Gasteiger partial charge is 0.504 e. The van der Waals surface area contributed by atoms with Crippen molar-refractivity contribution in [3.63, 3.8) is 0 Å². The van der Waals surface area contributed by atoms with Crippen LogP contribution in [0.5, 0.6) is 11.5 Å². The van der Waals surface area contributed by atoms with Gasteiger partial charge in [0.2, 0.25) is 0 Å². The van der Waals surface area contributed by atoms with Crippen molar-refractivity contribution in [1.29, 1.82) is 0 Å². The first-order valence-electron chi connectivity index (χ1n) is 14.3. The van der Waals surface area contributed by atoms with Gasteiger partial charge in [0, 0.05) is 13.0 Å². The number of hydrazine groups is 1. The maximum atomic E-state index is 14.2. The number of phenolic OH excluding ortho intramolecular Hbond substituents is 1. The van der Waals surface area contributed by atoms with E-state index >= 15 is 0 Å². The smallest absolute Gasteiger partial charge is 0.433 e. The van der Waals surface area contributed by atoms with Gasteiger partial charge in [-0.1, -0.05) is 45.2 Å². The predicted molar refractivity (Wildman–Crippen MR) is 167 cm³/mol. The molecule has 4 amide bonds. The normalized spacial score (nSPS) is 30.3. The number of fused-ring (bicyclic) bond motifs is 4. The summed E-state index contributed by atoms with van der Waals surface area (Å²) < 4.78 is 46.0. The average Bonchev–Trinajstić information content (AvgIpc) is 3.35. The molecule has 1 aromatic heterocycles. The molecule has 0 unspecified atom stereocenters. The van der Waals surface area contributed by atoms with Crippen molar-refractivity contribution in [1.82, 2.24) is 14.9 Å². The number of carbonyl (C=O) groups is 4. The van der Waals surface area contributed by atoms with Crippen LogP contribution in [0.15, 0.2) is 42.0 Å². The van der Waals surface area contributed by atoms with Crippen molar-refractivity contribution < 1.29 is 42.2 Å². The molecule has 10 nitrogen and oxygen atoms in total. The highest BCUT2D eigenvalue weighted by Gasteiger charge is 2.76. The molecule has 0 spiro atoms. The van der Waals surface area contributed by atoms with Gasteiger partial charge >= 0.3 is 6.18 Å². The lowest BCUT2D eigenvalue weighted by Crippen LogP contribution is -2.60. The number of rotatable bonds is 6. The van der Waals surface area contributed by atoms with E-state index in [-0.39, 0.29) is 41.4 Å². The number of hydrogen-bond donors (Lipinski definition) is 1. The topological polar surface area (TPSA) is 120 Å². The average molecular weight is 781 g/mol. The molecule has 6 rings (SSSR count). The predicted octanol–water partition coefficient (Wildman–Crippen LogP) is 5.62. The number of aromatic nitrogens is 1. The summed E-state index contributed by atoms with van der Waals surface area (Å²) in [5.74, 6) is -7.75. The summed E-state index contributed by atoms with van der Waals surface area (Å²) in [4.78, 5) is 56.1. The number of imide groups is 2. The van der Waals surface area contributed by atoms with Crippen LogP contribution < -0.4 is 9.75 Å². The minimum absolute atomic E-state index is 0.00855. The van der Waals surface area contributed by atoms with E-state index in [4.69, 9.17) is 39.5 Å². The number of amides is 4. The Balaban J connectivity index is 1.47. The molecule has 2 aromatic rings. The van der Waals surface area contributed by atoms with Crippen LogP contribution in [-0.2, 0) is 25.4 Å². The highest BCUT2D eigenvalue weighted by Crippen LogP contribution is 2.65. The number of aromatic hydroxyl groups is 1. The molecule has 2 saturated heterocycles. The van der Waals surface area contributed by atoms with Gasteiger partial charge in [-0.3, -0.25) is 29.1 Å².